The molecule has 114 valence electrons. The summed E-state index contributed by atoms with van der Waals surface area (Å²) < 4.78 is 0. The number of nitrogens with two attached hydrogens (primary N) is 1. The van der Waals surface area contributed by atoms with Crippen molar-refractivity contribution in [2.45, 2.75) is 50.1 Å². The zero-order valence-corrected chi connectivity index (χ0v) is 12.7. The third-order valence-corrected chi connectivity index (χ3v) is 5.63. The number of hydrogen-bond donors (Lipinski definition) is 2. The second-order valence-electron chi connectivity index (χ2n) is 6.01. The van der Waals surface area contributed by atoms with Crippen LogP contribution >= 0.6 is 11.3 Å². The Morgan fingerprint density at radius 2 is 2.05 bits per heavy atom. The Bertz CT molecular complexity index is 563. The lowest BCUT2D eigenvalue weighted by molar-refractivity contribution is -0.154. The van der Waals surface area contributed by atoms with E-state index in [0.717, 1.165) is 36.1 Å². The van der Waals surface area contributed by atoms with Gasteiger partial charge in [-0.3, -0.25) is 4.79 Å². The molecular formula is C15H20N2O3S. The van der Waals surface area contributed by atoms with Gasteiger partial charge < -0.3 is 15.7 Å². The summed E-state index contributed by atoms with van der Waals surface area (Å²) in [6.07, 6.45) is 5.02. The Labute approximate surface area is 127 Å². The molecule has 1 amide bonds. The number of carboxylic acid groups (broad SMARTS) is 1. The van der Waals surface area contributed by atoms with Gasteiger partial charge in [0, 0.05) is 11.4 Å². The molecule has 3 N–H and O–H groups in total. The van der Waals surface area contributed by atoms with Crippen LogP contribution in [0, 0.1) is 0 Å². The fourth-order valence-electron chi connectivity index (χ4n) is 3.48. The smallest absolute Gasteiger partial charge is 0.331 e. The van der Waals surface area contributed by atoms with E-state index in [9.17, 15) is 14.7 Å². The fourth-order valence-corrected chi connectivity index (χ4v) is 4.39. The molecular weight excluding hydrogens is 288 g/mol. The molecule has 2 aliphatic rings. The van der Waals surface area contributed by atoms with E-state index in [-0.39, 0.29) is 5.91 Å². The molecule has 1 saturated carbocycles. The van der Waals surface area contributed by atoms with Crippen LogP contribution in [0.1, 0.15) is 48.6 Å². The highest BCUT2D eigenvalue weighted by Gasteiger charge is 2.44. The molecule has 0 spiro atoms. The second kappa shape index (κ2) is 5.42. The highest BCUT2D eigenvalue weighted by molar-refractivity contribution is 7.10. The van der Waals surface area contributed by atoms with Crippen molar-refractivity contribution in [2.75, 3.05) is 6.54 Å². The van der Waals surface area contributed by atoms with Crippen molar-refractivity contribution in [3.63, 3.8) is 0 Å². The normalized spacial score (nSPS) is 24.4. The minimum Gasteiger partial charge on any atom is -0.479 e. The summed E-state index contributed by atoms with van der Waals surface area (Å²) >= 11 is 1.56. The van der Waals surface area contributed by atoms with Crippen LogP contribution in [0.15, 0.2) is 11.4 Å². The quantitative estimate of drug-likeness (QED) is 0.874. The van der Waals surface area contributed by atoms with E-state index >= 15 is 0 Å². The minimum atomic E-state index is -0.970. The predicted octanol–water partition coefficient (Wildman–Crippen LogP) is 1.92. The molecule has 1 aliphatic heterocycles. The van der Waals surface area contributed by atoms with Gasteiger partial charge in [0.2, 0.25) is 5.91 Å². The van der Waals surface area contributed by atoms with Crippen molar-refractivity contribution in [1.82, 2.24) is 4.90 Å². The van der Waals surface area contributed by atoms with Gasteiger partial charge in [0.1, 0.15) is 0 Å². The van der Waals surface area contributed by atoms with Gasteiger partial charge in [-0.2, -0.15) is 0 Å². The lowest BCUT2D eigenvalue weighted by atomic mass is 9.80. The first-order valence-electron chi connectivity index (χ1n) is 7.42. The van der Waals surface area contributed by atoms with Crippen molar-refractivity contribution >= 4 is 23.2 Å². The number of fused-ring (bicyclic) bond motifs is 1. The summed E-state index contributed by atoms with van der Waals surface area (Å²) in [7, 11) is 0. The molecule has 1 fully saturated rings. The SMILES string of the molecule is NC1(C(=O)N2CCc3sccc3C2C(=O)O)CCCCC1. The molecule has 0 radical (unpaired) electrons. The summed E-state index contributed by atoms with van der Waals surface area (Å²) in [4.78, 5) is 27.1. The molecule has 1 aromatic rings. The van der Waals surface area contributed by atoms with E-state index in [1.807, 2.05) is 11.4 Å². The van der Waals surface area contributed by atoms with Crippen molar-refractivity contribution in [1.29, 1.82) is 0 Å². The summed E-state index contributed by atoms with van der Waals surface area (Å²) in [5.74, 6) is -1.16. The number of nitrogens with zero attached hydrogens (tertiary/aromatic N) is 1. The van der Waals surface area contributed by atoms with Crippen LogP contribution in [0.5, 0.6) is 0 Å². The lowest BCUT2D eigenvalue weighted by Gasteiger charge is -2.41. The topological polar surface area (TPSA) is 83.6 Å². The first-order chi connectivity index (χ1) is 10.0. The molecule has 2 heterocycles. The third kappa shape index (κ3) is 2.46. The molecule has 0 aromatic carbocycles. The maximum atomic E-state index is 12.9. The van der Waals surface area contributed by atoms with E-state index in [2.05, 4.69) is 0 Å². The average Bonchev–Trinajstić information content (AvgIpc) is 2.94. The number of hydrogen-bond acceptors (Lipinski definition) is 4. The van der Waals surface area contributed by atoms with Gasteiger partial charge in [-0.15, -0.1) is 11.3 Å². The van der Waals surface area contributed by atoms with Gasteiger partial charge in [-0.1, -0.05) is 19.3 Å². The summed E-state index contributed by atoms with van der Waals surface area (Å²) in [5.41, 5.74) is 6.19. The van der Waals surface area contributed by atoms with Crippen LogP contribution in [0.3, 0.4) is 0 Å². The lowest BCUT2D eigenvalue weighted by Crippen LogP contribution is -2.58. The van der Waals surface area contributed by atoms with Gasteiger partial charge in [0.25, 0.3) is 0 Å². The second-order valence-corrected chi connectivity index (χ2v) is 7.01. The molecule has 0 bridgehead atoms. The number of aliphatic carboxylic acids is 1. The van der Waals surface area contributed by atoms with Crippen LogP contribution in [-0.4, -0.2) is 34.0 Å². The largest absolute Gasteiger partial charge is 0.479 e. The van der Waals surface area contributed by atoms with Crippen molar-refractivity contribution < 1.29 is 14.7 Å². The van der Waals surface area contributed by atoms with Gasteiger partial charge in [-0.25, -0.2) is 4.79 Å². The standard InChI is InChI=1S/C15H20N2O3S/c16-15(6-2-1-3-7-15)14(20)17-8-4-11-10(5-9-21-11)12(17)13(18)19/h5,9,12H,1-4,6-8,16H2,(H,18,19). The predicted molar refractivity (Wildman–Crippen MR) is 80.1 cm³/mol. The van der Waals surface area contributed by atoms with Gasteiger partial charge in [0.05, 0.1) is 5.54 Å². The third-order valence-electron chi connectivity index (χ3n) is 4.63. The maximum absolute atomic E-state index is 12.9. The average molecular weight is 308 g/mol. The van der Waals surface area contributed by atoms with Crippen LogP contribution in [-0.2, 0) is 16.0 Å². The molecule has 1 aliphatic carbocycles. The zero-order chi connectivity index (χ0) is 15.0. The molecule has 6 heteroatoms. The monoisotopic (exact) mass is 308 g/mol. The van der Waals surface area contributed by atoms with E-state index in [0.29, 0.717) is 19.4 Å². The molecule has 5 nitrogen and oxygen atoms in total. The van der Waals surface area contributed by atoms with Crippen molar-refractivity contribution in [3.05, 3.63) is 21.9 Å². The van der Waals surface area contributed by atoms with Gasteiger partial charge >= 0.3 is 5.97 Å². The fraction of sp³-hybridized carbons (Fsp3) is 0.600. The van der Waals surface area contributed by atoms with E-state index in [1.165, 1.54) is 4.90 Å². The Balaban J connectivity index is 1.90. The zero-order valence-electron chi connectivity index (χ0n) is 11.9. The molecule has 1 aromatic heterocycles. The number of amides is 1. The Hall–Kier alpha value is -1.40. The molecule has 1 atom stereocenters. The van der Waals surface area contributed by atoms with E-state index < -0.39 is 17.6 Å². The Morgan fingerprint density at radius 3 is 2.71 bits per heavy atom. The first-order valence-corrected chi connectivity index (χ1v) is 8.30. The summed E-state index contributed by atoms with van der Waals surface area (Å²) in [5, 5.41) is 11.5. The number of rotatable bonds is 2. The highest BCUT2D eigenvalue weighted by atomic mass is 32.1. The van der Waals surface area contributed by atoms with Crippen LogP contribution in [0.4, 0.5) is 0 Å². The van der Waals surface area contributed by atoms with Gasteiger partial charge in [-0.05, 0) is 36.3 Å². The number of carbonyl (C=O) groups excluding carboxylic acids is 1. The maximum Gasteiger partial charge on any atom is 0.331 e. The minimum absolute atomic E-state index is 0.188. The Morgan fingerprint density at radius 1 is 1.33 bits per heavy atom. The first kappa shape index (κ1) is 14.5. The van der Waals surface area contributed by atoms with Crippen LogP contribution < -0.4 is 5.73 Å². The summed E-state index contributed by atoms with van der Waals surface area (Å²) in [6.45, 7) is 0.447. The molecule has 0 saturated heterocycles. The van der Waals surface area contributed by atoms with Gasteiger partial charge in [0.15, 0.2) is 6.04 Å². The molecule has 3 rings (SSSR count). The highest BCUT2D eigenvalue weighted by Crippen LogP contribution is 2.36. The molecule has 1 unspecified atom stereocenters. The van der Waals surface area contributed by atoms with E-state index in [4.69, 9.17) is 5.73 Å². The van der Waals surface area contributed by atoms with Crippen LogP contribution in [0.2, 0.25) is 0 Å². The summed E-state index contributed by atoms with van der Waals surface area (Å²) in [6, 6.07) is 0.942. The van der Waals surface area contributed by atoms with Crippen molar-refractivity contribution in [2.24, 2.45) is 5.73 Å². The number of carbonyl (C=O) groups is 2. The molecule has 21 heavy (non-hydrogen) atoms. The Kier molecular flexibility index (Phi) is 3.75. The number of thiophene rings is 1. The van der Waals surface area contributed by atoms with E-state index in [1.54, 1.807) is 11.3 Å². The number of carboxylic acids is 1. The van der Waals surface area contributed by atoms with Crippen LogP contribution in [0.25, 0.3) is 0 Å². The van der Waals surface area contributed by atoms with Crippen molar-refractivity contribution in [3.8, 4) is 0 Å².